The summed E-state index contributed by atoms with van der Waals surface area (Å²) in [5.74, 6) is 1.72. The van der Waals surface area contributed by atoms with E-state index in [2.05, 4.69) is 30.8 Å². The van der Waals surface area contributed by atoms with Gasteiger partial charge in [-0.15, -0.1) is 0 Å². The zero-order valence-corrected chi connectivity index (χ0v) is 23.7. The molecule has 3 N–H and O–H groups in total. The maximum Gasteiger partial charge on any atom is 0.417 e. The zero-order chi connectivity index (χ0) is 30.4. The van der Waals surface area contributed by atoms with Crippen LogP contribution >= 0.6 is 11.6 Å². The van der Waals surface area contributed by atoms with Gasteiger partial charge in [0.2, 0.25) is 0 Å². The van der Waals surface area contributed by atoms with Crippen LogP contribution in [0.3, 0.4) is 0 Å². The van der Waals surface area contributed by atoms with Crippen LogP contribution in [0.5, 0.6) is 5.75 Å². The number of hydrogen-bond acceptors (Lipinski definition) is 6. The van der Waals surface area contributed by atoms with Gasteiger partial charge in [0.15, 0.2) is 0 Å². The number of likely N-dealkylation sites (tertiary alicyclic amines) is 1. The van der Waals surface area contributed by atoms with Crippen LogP contribution in [0, 0.1) is 5.92 Å². The number of rotatable bonds is 9. The van der Waals surface area contributed by atoms with E-state index < -0.39 is 22.8 Å². The average molecular weight is 617 g/mol. The lowest BCUT2D eigenvalue weighted by atomic mass is 9.98. The van der Waals surface area contributed by atoms with Crippen molar-refractivity contribution in [1.29, 1.82) is 0 Å². The molecule has 1 aliphatic rings. The molecule has 0 atom stereocenters. The summed E-state index contributed by atoms with van der Waals surface area (Å²) in [6, 6.07) is 14.8. The second-order valence-corrected chi connectivity index (χ2v) is 10.6. The molecule has 0 saturated carbocycles. The number of ether oxygens (including phenoxy) is 1. The van der Waals surface area contributed by atoms with Crippen LogP contribution < -0.4 is 20.7 Å². The Balaban J connectivity index is 1.16. The molecule has 0 unspecified atom stereocenters. The van der Waals surface area contributed by atoms with Gasteiger partial charge in [0.05, 0.1) is 22.7 Å². The summed E-state index contributed by atoms with van der Waals surface area (Å²) in [6.07, 6.45) is -1.23. The number of piperidine rings is 1. The van der Waals surface area contributed by atoms with Gasteiger partial charge in [-0.2, -0.15) is 13.2 Å². The monoisotopic (exact) mass is 616 g/mol. The van der Waals surface area contributed by atoms with Gasteiger partial charge in [0, 0.05) is 35.1 Å². The predicted octanol–water partition coefficient (Wildman–Crippen LogP) is 7.75. The van der Waals surface area contributed by atoms with Crippen LogP contribution in [0.25, 0.3) is 10.9 Å². The first kappa shape index (κ1) is 30.3. The third-order valence-corrected chi connectivity index (χ3v) is 7.47. The van der Waals surface area contributed by atoms with Crippen LogP contribution in [0.2, 0.25) is 5.02 Å². The van der Waals surface area contributed by atoms with Crippen LogP contribution in [-0.4, -0.2) is 53.8 Å². The molecule has 2 amide bonds. The molecule has 1 aromatic heterocycles. The maximum absolute atomic E-state index is 13.1. The zero-order valence-electron chi connectivity index (χ0n) is 22.9. The Labute approximate surface area is 250 Å². The Morgan fingerprint density at radius 2 is 1.65 bits per heavy atom. The van der Waals surface area contributed by atoms with Crippen molar-refractivity contribution in [3.63, 3.8) is 0 Å². The van der Waals surface area contributed by atoms with E-state index in [0.717, 1.165) is 43.5 Å². The van der Waals surface area contributed by atoms with Gasteiger partial charge in [-0.05, 0) is 86.4 Å². The highest BCUT2D eigenvalue weighted by molar-refractivity contribution is 6.31. The van der Waals surface area contributed by atoms with Crippen molar-refractivity contribution in [3.8, 4) is 5.75 Å². The Morgan fingerprint density at radius 1 is 0.953 bits per heavy atom. The number of aromatic nitrogens is 2. The highest BCUT2D eigenvalue weighted by atomic mass is 35.5. The van der Waals surface area contributed by atoms with E-state index in [4.69, 9.17) is 16.3 Å². The molecule has 8 nitrogen and oxygen atoms in total. The molecule has 13 heteroatoms. The molecule has 1 fully saturated rings. The number of carbonyl (C=O) groups excluding carboxylic acids is 1. The number of urea groups is 1. The molecule has 226 valence electrons. The van der Waals surface area contributed by atoms with E-state index in [-0.39, 0.29) is 12.4 Å². The summed E-state index contributed by atoms with van der Waals surface area (Å²) in [5, 5.41) is 8.54. The van der Waals surface area contributed by atoms with Crippen LogP contribution in [0.4, 0.5) is 45.2 Å². The molecule has 4 aromatic rings. The van der Waals surface area contributed by atoms with Crippen LogP contribution in [0.1, 0.15) is 18.4 Å². The van der Waals surface area contributed by atoms with Gasteiger partial charge >= 0.3 is 12.2 Å². The lowest BCUT2D eigenvalue weighted by Crippen LogP contribution is -2.36. The molecule has 0 aliphatic carbocycles. The highest BCUT2D eigenvalue weighted by Crippen LogP contribution is 2.36. The minimum atomic E-state index is -4.64. The van der Waals surface area contributed by atoms with Crippen molar-refractivity contribution in [2.75, 3.05) is 48.9 Å². The molecule has 1 saturated heterocycles. The van der Waals surface area contributed by atoms with Crippen molar-refractivity contribution >= 4 is 51.4 Å². The SMILES string of the molecule is O=C(Nc1ccc(Nc2ncnc3cc(OCC4CCN(CCF)CC4)ccc23)cc1)Nc1ccc(Cl)c(C(F)(F)F)c1. The minimum absolute atomic E-state index is 0.0489. The van der Waals surface area contributed by atoms with Crippen molar-refractivity contribution in [1.82, 2.24) is 14.9 Å². The minimum Gasteiger partial charge on any atom is -0.493 e. The number of benzene rings is 3. The summed E-state index contributed by atoms with van der Waals surface area (Å²) < 4.78 is 57.9. The number of nitrogens with zero attached hydrogens (tertiary/aromatic N) is 3. The first-order valence-electron chi connectivity index (χ1n) is 13.7. The molecule has 2 heterocycles. The summed E-state index contributed by atoms with van der Waals surface area (Å²) in [6.45, 7) is 2.55. The van der Waals surface area contributed by atoms with Crippen molar-refractivity contribution in [3.05, 3.63) is 77.6 Å². The number of alkyl halides is 4. The Kier molecular flexibility index (Phi) is 9.46. The summed E-state index contributed by atoms with van der Waals surface area (Å²) >= 11 is 5.63. The Morgan fingerprint density at radius 3 is 2.37 bits per heavy atom. The number of anilines is 4. The third kappa shape index (κ3) is 8.02. The lowest BCUT2D eigenvalue weighted by molar-refractivity contribution is -0.137. The topological polar surface area (TPSA) is 91.4 Å². The number of fused-ring (bicyclic) bond motifs is 1. The van der Waals surface area contributed by atoms with E-state index in [0.29, 0.717) is 47.5 Å². The average Bonchev–Trinajstić information content (AvgIpc) is 2.98. The highest BCUT2D eigenvalue weighted by Gasteiger charge is 2.33. The fourth-order valence-corrected chi connectivity index (χ4v) is 5.05. The van der Waals surface area contributed by atoms with Crippen molar-refractivity contribution < 1.29 is 27.1 Å². The van der Waals surface area contributed by atoms with Crippen molar-refractivity contribution in [2.24, 2.45) is 5.92 Å². The first-order chi connectivity index (χ1) is 20.7. The molecule has 0 spiro atoms. The van der Waals surface area contributed by atoms with Crippen LogP contribution in [0.15, 0.2) is 67.0 Å². The molecule has 43 heavy (non-hydrogen) atoms. The Hall–Kier alpha value is -4.16. The van der Waals surface area contributed by atoms with Gasteiger partial charge in [0.1, 0.15) is 24.6 Å². The number of hydrogen-bond donors (Lipinski definition) is 3. The second kappa shape index (κ2) is 13.4. The van der Waals surface area contributed by atoms with Gasteiger partial charge in [-0.3, -0.25) is 0 Å². The van der Waals surface area contributed by atoms with E-state index in [1.54, 1.807) is 24.3 Å². The summed E-state index contributed by atoms with van der Waals surface area (Å²) in [7, 11) is 0. The normalized spacial score (nSPS) is 14.4. The lowest BCUT2D eigenvalue weighted by Gasteiger charge is -2.31. The van der Waals surface area contributed by atoms with Gasteiger partial charge in [-0.25, -0.2) is 19.2 Å². The molecule has 0 bridgehead atoms. The van der Waals surface area contributed by atoms with Crippen molar-refractivity contribution in [2.45, 2.75) is 19.0 Å². The number of nitrogens with one attached hydrogen (secondary N) is 3. The van der Waals surface area contributed by atoms with Gasteiger partial charge in [-0.1, -0.05) is 11.6 Å². The maximum atomic E-state index is 13.1. The van der Waals surface area contributed by atoms with E-state index >= 15 is 0 Å². The van der Waals surface area contributed by atoms with E-state index in [1.165, 1.54) is 12.4 Å². The summed E-state index contributed by atoms with van der Waals surface area (Å²) in [4.78, 5) is 23.2. The van der Waals surface area contributed by atoms with Gasteiger partial charge < -0.3 is 25.6 Å². The standard InChI is InChI=1S/C30H29ClF4N6O2/c31-26-8-5-22(15-25(26)30(33,34)35)40-29(42)39-21-3-1-20(2-4-21)38-28-24-7-6-23(16-27(24)36-18-37-28)43-17-19-9-12-41(13-10-19)14-11-32/h1-8,15-16,18-19H,9-14,17H2,(H,36,37,38)(H2,39,40,42). The molecule has 0 radical (unpaired) electrons. The summed E-state index contributed by atoms with van der Waals surface area (Å²) in [5.41, 5.74) is 0.741. The Bertz CT molecular complexity index is 1560. The predicted molar refractivity (Wildman–Crippen MR) is 159 cm³/mol. The number of halogens is 5. The largest absolute Gasteiger partial charge is 0.493 e. The van der Waals surface area contributed by atoms with Gasteiger partial charge in [0.25, 0.3) is 0 Å². The quantitative estimate of drug-likeness (QED) is 0.167. The second-order valence-electron chi connectivity index (χ2n) is 10.2. The smallest absolute Gasteiger partial charge is 0.417 e. The first-order valence-corrected chi connectivity index (χ1v) is 14.0. The third-order valence-electron chi connectivity index (χ3n) is 7.14. The molecule has 3 aromatic carbocycles. The van der Waals surface area contributed by atoms with E-state index in [1.807, 2.05) is 18.2 Å². The number of amides is 2. The fraction of sp³-hybridized carbons (Fsp3) is 0.300. The molecular weight excluding hydrogens is 588 g/mol. The fourth-order valence-electron chi connectivity index (χ4n) is 4.82. The molecular formula is C30H29ClF4N6O2. The molecule has 5 rings (SSSR count). The van der Waals surface area contributed by atoms with Crippen LogP contribution in [-0.2, 0) is 6.18 Å². The number of carbonyl (C=O) groups is 1. The van der Waals surface area contributed by atoms with E-state index in [9.17, 15) is 22.4 Å². The molecule has 1 aliphatic heterocycles.